The molecule has 0 bridgehead atoms. The minimum Gasteiger partial charge on any atom is -0.334 e. The number of benzene rings is 2. The summed E-state index contributed by atoms with van der Waals surface area (Å²) in [6.45, 7) is 0.466. The van der Waals surface area contributed by atoms with Gasteiger partial charge in [0.15, 0.2) is 0 Å². The fraction of sp³-hybridized carbons (Fsp3) is 0.143. The summed E-state index contributed by atoms with van der Waals surface area (Å²) in [5.41, 5.74) is 3.15. The van der Waals surface area contributed by atoms with Crippen molar-refractivity contribution < 1.29 is 12.9 Å². The van der Waals surface area contributed by atoms with Gasteiger partial charge in [-0.05, 0) is 54.8 Å². The van der Waals surface area contributed by atoms with Crippen LogP contribution in [0.1, 0.15) is 12.0 Å². The number of hydrogen-bond donors (Lipinski definition) is 0. The van der Waals surface area contributed by atoms with Crippen LogP contribution >= 0.6 is 22.9 Å². The average Bonchev–Trinajstić information content (AvgIpc) is 3.44. The van der Waals surface area contributed by atoms with Crippen LogP contribution in [-0.2, 0) is 16.4 Å². The Hall–Kier alpha value is -2.68. The quantitative estimate of drug-likeness (QED) is 0.417. The zero-order valence-corrected chi connectivity index (χ0v) is 18.0. The van der Waals surface area contributed by atoms with Crippen LogP contribution in [0.5, 0.6) is 0 Å². The molecule has 2 aromatic carbocycles. The molecule has 0 unspecified atom stereocenters. The van der Waals surface area contributed by atoms with Crippen molar-refractivity contribution >= 4 is 38.6 Å². The molecule has 0 saturated carbocycles. The van der Waals surface area contributed by atoms with Gasteiger partial charge in [-0.1, -0.05) is 35.0 Å². The van der Waals surface area contributed by atoms with Crippen molar-refractivity contribution in [1.29, 1.82) is 0 Å². The van der Waals surface area contributed by atoms with Crippen molar-refractivity contribution in [1.82, 2.24) is 10.1 Å². The molecule has 0 amide bonds. The first-order chi connectivity index (χ1) is 14.5. The maximum Gasteiger partial charge on any atom is 0.273 e. The smallest absolute Gasteiger partial charge is 0.273 e. The van der Waals surface area contributed by atoms with E-state index in [-0.39, 0.29) is 10.1 Å². The van der Waals surface area contributed by atoms with Gasteiger partial charge in [-0.2, -0.15) is 4.98 Å². The molecule has 0 spiro atoms. The molecule has 30 heavy (non-hydrogen) atoms. The topological polar surface area (TPSA) is 76.3 Å². The number of aryl methyl sites for hydroxylation is 1. The second-order valence-electron chi connectivity index (χ2n) is 6.89. The summed E-state index contributed by atoms with van der Waals surface area (Å²) < 4.78 is 33.7. The van der Waals surface area contributed by atoms with Crippen molar-refractivity contribution in [3.63, 3.8) is 0 Å². The SMILES string of the molecule is O=S(=O)(c1cc(-c2nc(-c3ccc(Cl)cc3)no2)cs1)N1CCCc2ccccc21. The fourth-order valence-electron chi connectivity index (χ4n) is 3.48. The number of anilines is 1. The largest absolute Gasteiger partial charge is 0.334 e. The van der Waals surface area contributed by atoms with Gasteiger partial charge in [-0.3, -0.25) is 4.31 Å². The molecule has 0 atom stereocenters. The molecule has 1 aliphatic rings. The standard InChI is InChI=1S/C21H16ClN3O3S2/c22-17-9-7-15(8-10-17)20-23-21(28-24-20)16-12-19(29-13-16)30(26,27)25-11-3-5-14-4-1-2-6-18(14)25/h1-2,4,6-10,12-13H,3,5,11H2. The molecule has 0 fully saturated rings. The minimum atomic E-state index is -3.67. The summed E-state index contributed by atoms with van der Waals surface area (Å²) in [5.74, 6) is 0.693. The molecule has 0 aliphatic carbocycles. The maximum atomic E-state index is 13.3. The van der Waals surface area contributed by atoms with Gasteiger partial charge in [0.2, 0.25) is 5.82 Å². The highest BCUT2D eigenvalue weighted by Gasteiger charge is 2.30. The first-order valence-electron chi connectivity index (χ1n) is 9.31. The Kier molecular flexibility index (Phi) is 4.85. The highest BCUT2D eigenvalue weighted by Crippen LogP contribution is 2.35. The number of sulfonamides is 1. The van der Waals surface area contributed by atoms with Gasteiger partial charge >= 0.3 is 0 Å². The molecule has 4 aromatic rings. The van der Waals surface area contributed by atoms with Crippen LogP contribution in [-0.4, -0.2) is 25.1 Å². The van der Waals surface area contributed by atoms with Crippen LogP contribution < -0.4 is 4.31 Å². The second-order valence-corrected chi connectivity index (χ2v) is 10.3. The Morgan fingerprint density at radius 3 is 2.70 bits per heavy atom. The van der Waals surface area contributed by atoms with E-state index in [0.717, 1.165) is 41.0 Å². The Bertz CT molecular complexity index is 1310. The number of thiophene rings is 1. The van der Waals surface area contributed by atoms with Crippen LogP contribution in [0.3, 0.4) is 0 Å². The summed E-state index contributed by atoms with van der Waals surface area (Å²) in [4.78, 5) is 4.40. The van der Waals surface area contributed by atoms with E-state index in [0.29, 0.717) is 23.0 Å². The lowest BCUT2D eigenvalue weighted by atomic mass is 10.0. The lowest BCUT2D eigenvalue weighted by Gasteiger charge is -2.29. The third-order valence-electron chi connectivity index (χ3n) is 4.96. The summed E-state index contributed by atoms with van der Waals surface area (Å²) in [6.07, 6.45) is 1.68. The molecule has 2 aromatic heterocycles. The molecule has 0 N–H and O–H groups in total. The van der Waals surface area contributed by atoms with Gasteiger partial charge in [0.1, 0.15) is 4.21 Å². The molecular formula is C21H16ClN3O3S2. The Labute approximate surface area is 182 Å². The van der Waals surface area contributed by atoms with E-state index in [1.54, 1.807) is 35.7 Å². The van der Waals surface area contributed by atoms with E-state index in [1.165, 1.54) is 4.31 Å². The predicted molar refractivity (Wildman–Crippen MR) is 117 cm³/mol. The summed E-state index contributed by atoms with van der Waals surface area (Å²) in [7, 11) is -3.67. The lowest BCUT2D eigenvalue weighted by molar-refractivity contribution is 0.432. The summed E-state index contributed by atoms with van der Waals surface area (Å²) in [6, 6.07) is 16.3. The van der Waals surface area contributed by atoms with Crippen molar-refractivity contribution in [3.05, 3.63) is 70.6 Å². The minimum absolute atomic E-state index is 0.250. The highest BCUT2D eigenvalue weighted by molar-refractivity contribution is 7.94. The third-order valence-corrected chi connectivity index (χ3v) is 8.44. The Balaban J connectivity index is 1.46. The lowest BCUT2D eigenvalue weighted by Crippen LogP contribution is -2.35. The molecule has 0 radical (unpaired) electrons. The normalized spacial score (nSPS) is 14.0. The van der Waals surface area contributed by atoms with Gasteiger partial charge < -0.3 is 4.52 Å². The molecule has 6 nitrogen and oxygen atoms in total. The number of halogens is 1. The molecule has 5 rings (SSSR count). The number of nitrogens with zero attached hydrogens (tertiary/aromatic N) is 3. The summed E-state index contributed by atoms with van der Waals surface area (Å²) >= 11 is 7.07. The van der Waals surface area contributed by atoms with Crippen LogP contribution in [0.2, 0.25) is 5.02 Å². The van der Waals surface area contributed by atoms with Crippen LogP contribution in [0.4, 0.5) is 5.69 Å². The number of para-hydroxylation sites is 1. The second kappa shape index (κ2) is 7.54. The zero-order valence-electron chi connectivity index (χ0n) is 15.7. The molecular weight excluding hydrogens is 442 g/mol. The van der Waals surface area contributed by atoms with E-state index in [9.17, 15) is 8.42 Å². The average molecular weight is 458 g/mol. The van der Waals surface area contributed by atoms with Gasteiger partial charge in [0.25, 0.3) is 15.9 Å². The number of fused-ring (bicyclic) bond motifs is 1. The number of aromatic nitrogens is 2. The maximum absolute atomic E-state index is 13.3. The monoisotopic (exact) mass is 457 g/mol. The van der Waals surface area contributed by atoms with E-state index >= 15 is 0 Å². The van der Waals surface area contributed by atoms with Crippen molar-refractivity contribution in [2.24, 2.45) is 0 Å². The van der Waals surface area contributed by atoms with Gasteiger partial charge in [0.05, 0.1) is 11.3 Å². The Morgan fingerprint density at radius 2 is 1.87 bits per heavy atom. The van der Waals surface area contributed by atoms with Gasteiger partial charge in [0, 0.05) is 22.5 Å². The van der Waals surface area contributed by atoms with Crippen molar-refractivity contribution in [3.8, 4) is 22.8 Å². The molecule has 1 aliphatic heterocycles. The first-order valence-corrected chi connectivity index (χ1v) is 12.0. The van der Waals surface area contributed by atoms with E-state index in [1.807, 2.05) is 24.3 Å². The van der Waals surface area contributed by atoms with Crippen molar-refractivity contribution in [2.45, 2.75) is 17.1 Å². The Morgan fingerprint density at radius 1 is 1.07 bits per heavy atom. The number of rotatable bonds is 4. The van der Waals surface area contributed by atoms with Crippen LogP contribution in [0, 0.1) is 0 Å². The van der Waals surface area contributed by atoms with Gasteiger partial charge in [-0.15, -0.1) is 11.3 Å². The van der Waals surface area contributed by atoms with E-state index in [2.05, 4.69) is 10.1 Å². The fourth-order valence-corrected chi connectivity index (χ4v) is 6.41. The molecule has 152 valence electrons. The molecule has 0 saturated heterocycles. The molecule has 3 heterocycles. The molecule has 9 heteroatoms. The van der Waals surface area contributed by atoms with Crippen LogP contribution in [0.15, 0.2) is 68.7 Å². The predicted octanol–water partition coefficient (Wildman–Crippen LogP) is 5.26. The summed E-state index contributed by atoms with van der Waals surface area (Å²) in [5, 5.41) is 6.34. The van der Waals surface area contributed by atoms with Gasteiger partial charge in [-0.25, -0.2) is 8.42 Å². The zero-order chi connectivity index (χ0) is 20.7. The first kappa shape index (κ1) is 19.3. The van der Waals surface area contributed by atoms with E-state index < -0.39 is 10.0 Å². The third kappa shape index (κ3) is 3.40. The van der Waals surface area contributed by atoms with E-state index in [4.69, 9.17) is 16.1 Å². The van der Waals surface area contributed by atoms with Crippen LogP contribution in [0.25, 0.3) is 22.8 Å². The highest BCUT2D eigenvalue weighted by atomic mass is 35.5. The number of hydrogen-bond acceptors (Lipinski definition) is 6. The van der Waals surface area contributed by atoms with Crippen molar-refractivity contribution in [2.75, 3.05) is 10.8 Å².